The van der Waals surface area contributed by atoms with Crippen LogP contribution < -0.4 is 10.5 Å². The molecule has 1 aliphatic rings. The lowest BCUT2D eigenvalue weighted by atomic mass is 10.1. The first-order valence-electron chi connectivity index (χ1n) is 10.5. The molecule has 0 radical (unpaired) electrons. The Hall–Kier alpha value is -4.33. The Morgan fingerprint density at radius 2 is 1.18 bits per heavy atom. The van der Waals surface area contributed by atoms with Crippen molar-refractivity contribution in [2.75, 3.05) is 26.2 Å². The summed E-state index contributed by atoms with van der Waals surface area (Å²) >= 11 is 0. The van der Waals surface area contributed by atoms with Crippen LogP contribution in [-0.4, -0.2) is 58.8 Å². The number of piperazine rings is 1. The van der Waals surface area contributed by atoms with Gasteiger partial charge in [-0.25, -0.2) is 0 Å². The highest BCUT2D eigenvalue weighted by Crippen LogP contribution is 2.23. The maximum atomic E-state index is 12.9. The molecular weight excluding hydrogens is 422 g/mol. The fourth-order valence-corrected chi connectivity index (χ4v) is 3.61. The van der Waals surface area contributed by atoms with Crippen molar-refractivity contribution in [3.05, 3.63) is 89.5 Å². The highest BCUT2D eigenvalue weighted by Gasteiger charge is 2.26. The molecule has 0 spiro atoms. The number of amides is 3. The van der Waals surface area contributed by atoms with Gasteiger partial charge in [-0.3, -0.25) is 14.4 Å². The fourth-order valence-electron chi connectivity index (χ4n) is 3.61. The van der Waals surface area contributed by atoms with Crippen molar-refractivity contribution in [2.24, 2.45) is 5.73 Å². The maximum Gasteiger partial charge on any atom is 0.257 e. The normalized spacial score (nSPS) is 13.5. The highest BCUT2D eigenvalue weighted by molar-refractivity contribution is 5.97. The molecule has 3 amide bonds. The third-order valence-corrected chi connectivity index (χ3v) is 5.46. The van der Waals surface area contributed by atoms with Gasteiger partial charge < -0.3 is 25.4 Å². The number of hydrogen-bond donors (Lipinski definition) is 2. The van der Waals surface area contributed by atoms with Gasteiger partial charge in [0.15, 0.2) is 0 Å². The van der Waals surface area contributed by atoms with Gasteiger partial charge in [0.1, 0.15) is 17.2 Å². The molecule has 1 aliphatic heterocycles. The van der Waals surface area contributed by atoms with Crippen LogP contribution in [-0.2, 0) is 0 Å². The number of hydrogen-bond acceptors (Lipinski definition) is 5. The molecule has 3 aromatic rings. The summed E-state index contributed by atoms with van der Waals surface area (Å²) in [5, 5.41) is 9.91. The summed E-state index contributed by atoms with van der Waals surface area (Å²) in [6, 6.07) is 19.7. The molecule has 0 atom stereocenters. The molecule has 168 valence electrons. The van der Waals surface area contributed by atoms with E-state index in [4.69, 9.17) is 10.5 Å². The van der Waals surface area contributed by atoms with E-state index >= 15 is 0 Å². The van der Waals surface area contributed by atoms with Crippen LogP contribution in [0.2, 0.25) is 0 Å². The number of phenolic OH excluding ortho intramolecular Hbond substituents is 1. The van der Waals surface area contributed by atoms with E-state index in [2.05, 4.69) is 0 Å². The molecule has 0 bridgehead atoms. The zero-order valence-corrected chi connectivity index (χ0v) is 17.8. The Balaban J connectivity index is 1.34. The van der Waals surface area contributed by atoms with Crippen LogP contribution in [0.4, 0.5) is 0 Å². The number of para-hydroxylation sites is 1. The smallest absolute Gasteiger partial charge is 0.257 e. The molecule has 0 aromatic heterocycles. The number of nitrogens with zero attached hydrogens (tertiary/aromatic N) is 2. The molecule has 1 fully saturated rings. The summed E-state index contributed by atoms with van der Waals surface area (Å²) in [6.07, 6.45) is 0. The molecule has 8 heteroatoms. The Kier molecular flexibility index (Phi) is 6.26. The monoisotopic (exact) mass is 445 g/mol. The number of primary amides is 1. The number of rotatable bonds is 5. The van der Waals surface area contributed by atoms with Crippen molar-refractivity contribution >= 4 is 17.7 Å². The molecule has 8 nitrogen and oxygen atoms in total. The lowest BCUT2D eigenvalue weighted by Crippen LogP contribution is -2.50. The Morgan fingerprint density at radius 3 is 1.70 bits per heavy atom. The third kappa shape index (κ3) is 4.95. The lowest BCUT2D eigenvalue weighted by molar-refractivity contribution is 0.0533. The second kappa shape index (κ2) is 9.44. The first kappa shape index (κ1) is 21.9. The average molecular weight is 445 g/mol. The Morgan fingerprint density at radius 1 is 0.697 bits per heavy atom. The van der Waals surface area contributed by atoms with E-state index in [0.29, 0.717) is 48.8 Å². The van der Waals surface area contributed by atoms with Crippen molar-refractivity contribution in [3.8, 4) is 17.2 Å². The Bertz CT molecular complexity index is 1170. The van der Waals surface area contributed by atoms with Crippen molar-refractivity contribution in [2.45, 2.75) is 0 Å². The molecular formula is C25H23N3O5. The summed E-state index contributed by atoms with van der Waals surface area (Å²) in [6.45, 7) is 1.59. The van der Waals surface area contributed by atoms with Crippen molar-refractivity contribution < 1.29 is 24.2 Å². The molecule has 4 rings (SSSR count). The SMILES string of the molecule is NC(=O)c1ccc(Oc2ccc(C(=O)N3CCN(C(=O)c4ccccc4O)CC3)cc2)cc1. The summed E-state index contributed by atoms with van der Waals surface area (Å²) < 4.78 is 5.74. The van der Waals surface area contributed by atoms with Crippen LogP contribution in [0.15, 0.2) is 72.8 Å². The second-order valence-electron chi connectivity index (χ2n) is 7.62. The molecule has 33 heavy (non-hydrogen) atoms. The second-order valence-corrected chi connectivity index (χ2v) is 7.62. The van der Waals surface area contributed by atoms with Gasteiger partial charge in [-0.1, -0.05) is 12.1 Å². The van der Waals surface area contributed by atoms with E-state index in [1.54, 1.807) is 76.5 Å². The standard InChI is InChI=1S/C25H23N3O5/c26-23(30)17-5-9-19(10-6-17)33-20-11-7-18(8-12-20)24(31)27-13-15-28(16-14-27)25(32)21-3-1-2-4-22(21)29/h1-12,29H,13-16H2,(H2,26,30). The van der Waals surface area contributed by atoms with Crippen molar-refractivity contribution in [1.82, 2.24) is 9.80 Å². The number of carbonyl (C=O) groups is 3. The van der Waals surface area contributed by atoms with Gasteiger partial charge in [-0.05, 0) is 60.7 Å². The number of aromatic hydroxyl groups is 1. The molecule has 0 saturated carbocycles. The summed E-state index contributed by atoms with van der Waals surface area (Å²) in [5.74, 6) is 0.174. The molecule has 0 aliphatic carbocycles. The van der Waals surface area contributed by atoms with Gasteiger partial charge in [0.2, 0.25) is 5.91 Å². The minimum absolute atomic E-state index is 0.0490. The Labute approximate surface area is 190 Å². The lowest BCUT2D eigenvalue weighted by Gasteiger charge is -2.35. The summed E-state index contributed by atoms with van der Waals surface area (Å²) in [4.78, 5) is 40.0. The molecule has 1 heterocycles. The van der Waals surface area contributed by atoms with Gasteiger partial charge in [0, 0.05) is 37.3 Å². The number of ether oxygens (including phenoxy) is 1. The first-order chi connectivity index (χ1) is 15.9. The van der Waals surface area contributed by atoms with E-state index in [9.17, 15) is 19.5 Å². The van der Waals surface area contributed by atoms with Crippen molar-refractivity contribution in [1.29, 1.82) is 0 Å². The van der Waals surface area contributed by atoms with Gasteiger partial charge >= 0.3 is 0 Å². The zero-order valence-electron chi connectivity index (χ0n) is 17.8. The third-order valence-electron chi connectivity index (χ3n) is 5.46. The van der Waals surface area contributed by atoms with Crippen LogP contribution in [0.1, 0.15) is 31.1 Å². The van der Waals surface area contributed by atoms with Crippen LogP contribution in [0.25, 0.3) is 0 Å². The minimum Gasteiger partial charge on any atom is -0.507 e. The molecule has 3 N–H and O–H groups in total. The predicted molar refractivity (Wildman–Crippen MR) is 121 cm³/mol. The van der Waals surface area contributed by atoms with E-state index in [-0.39, 0.29) is 23.1 Å². The average Bonchev–Trinajstić information content (AvgIpc) is 2.84. The molecule has 0 unspecified atom stereocenters. The molecule has 1 saturated heterocycles. The van der Waals surface area contributed by atoms with E-state index in [0.717, 1.165) is 0 Å². The van der Waals surface area contributed by atoms with E-state index < -0.39 is 5.91 Å². The van der Waals surface area contributed by atoms with E-state index in [1.807, 2.05) is 0 Å². The molecule has 3 aromatic carbocycles. The number of benzene rings is 3. The van der Waals surface area contributed by atoms with Crippen LogP contribution >= 0.6 is 0 Å². The first-order valence-corrected chi connectivity index (χ1v) is 10.5. The number of nitrogens with two attached hydrogens (primary N) is 1. The maximum absolute atomic E-state index is 12.9. The summed E-state index contributed by atoms with van der Waals surface area (Å²) in [7, 11) is 0. The highest BCUT2D eigenvalue weighted by atomic mass is 16.5. The van der Waals surface area contributed by atoms with Crippen molar-refractivity contribution in [3.63, 3.8) is 0 Å². The predicted octanol–water partition coefficient (Wildman–Crippen LogP) is 2.88. The number of phenols is 1. The summed E-state index contributed by atoms with van der Waals surface area (Å²) in [5.41, 5.74) is 6.41. The van der Waals surface area contributed by atoms with Gasteiger partial charge in [-0.15, -0.1) is 0 Å². The topological polar surface area (TPSA) is 113 Å². The number of carbonyl (C=O) groups excluding carboxylic acids is 3. The van der Waals surface area contributed by atoms with Gasteiger partial charge in [0.05, 0.1) is 5.56 Å². The van der Waals surface area contributed by atoms with Crippen LogP contribution in [0.3, 0.4) is 0 Å². The van der Waals surface area contributed by atoms with Gasteiger partial charge in [-0.2, -0.15) is 0 Å². The van der Waals surface area contributed by atoms with Crippen LogP contribution in [0.5, 0.6) is 17.2 Å². The largest absolute Gasteiger partial charge is 0.507 e. The van der Waals surface area contributed by atoms with Gasteiger partial charge in [0.25, 0.3) is 11.8 Å². The minimum atomic E-state index is -0.507. The van der Waals surface area contributed by atoms with E-state index in [1.165, 1.54) is 6.07 Å². The fraction of sp³-hybridized carbons (Fsp3) is 0.160. The quantitative estimate of drug-likeness (QED) is 0.627. The van der Waals surface area contributed by atoms with Crippen LogP contribution in [0, 0.1) is 0 Å². The zero-order chi connectivity index (χ0) is 23.4.